The smallest absolute Gasteiger partial charge is 0.161 e. The molecule has 0 unspecified atom stereocenters. The van der Waals surface area contributed by atoms with Crippen molar-refractivity contribution in [2.75, 3.05) is 13.2 Å². The molecule has 0 aliphatic heterocycles. The number of ether oxygens (including phenoxy) is 2. The highest BCUT2D eigenvalue weighted by Crippen LogP contribution is 2.29. The summed E-state index contributed by atoms with van der Waals surface area (Å²) in [4.78, 5) is 0. The Hall–Kier alpha value is -2.85. The van der Waals surface area contributed by atoms with E-state index in [1.165, 1.54) is 11.6 Å². The van der Waals surface area contributed by atoms with E-state index in [0.29, 0.717) is 32.7 Å². The zero-order chi connectivity index (χ0) is 20.5. The molecule has 0 radical (unpaired) electrons. The Morgan fingerprint density at radius 3 is 2.52 bits per heavy atom. The molecule has 0 aliphatic carbocycles. The molecule has 0 aromatic heterocycles. The van der Waals surface area contributed by atoms with Crippen LogP contribution in [0.25, 0.3) is 0 Å². The van der Waals surface area contributed by atoms with Gasteiger partial charge in [0.15, 0.2) is 11.5 Å². The molecule has 0 fully saturated rings. The molecule has 3 nitrogen and oxygen atoms in total. The van der Waals surface area contributed by atoms with Crippen molar-refractivity contribution in [3.05, 3.63) is 94.8 Å². The van der Waals surface area contributed by atoms with Gasteiger partial charge >= 0.3 is 0 Å². The normalized spacial score (nSPS) is 10.7. The summed E-state index contributed by atoms with van der Waals surface area (Å²) >= 11 is 0. The molecule has 3 aromatic rings. The van der Waals surface area contributed by atoms with E-state index in [2.05, 4.69) is 30.4 Å². The average molecular weight is 394 g/mol. The Bertz CT molecular complexity index is 926. The number of hydrogen-bond acceptors (Lipinski definition) is 3. The van der Waals surface area contributed by atoms with Gasteiger partial charge < -0.3 is 14.8 Å². The summed E-state index contributed by atoms with van der Waals surface area (Å²) in [6, 6.07) is 21.2. The van der Waals surface area contributed by atoms with Crippen LogP contribution in [0.15, 0.2) is 66.7 Å². The molecule has 3 aromatic carbocycles. The van der Waals surface area contributed by atoms with Crippen LogP contribution in [-0.2, 0) is 19.6 Å². The monoisotopic (exact) mass is 393 g/mol. The van der Waals surface area contributed by atoms with Crippen LogP contribution in [0, 0.1) is 12.7 Å². The summed E-state index contributed by atoms with van der Waals surface area (Å²) < 4.78 is 25.5. The van der Waals surface area contributed by atoms with Crippen LogP contribution in [0.2, 0.25) is 0 Å². The summed E-state index contributed by atoms with van der Waals surface area (Å²) in [7, 11) is 0. The van der Waals surface area contributed by atoms with Crippen molar-refractivity contribution in [1.82, 2.24) is 5.32 Å². The molecule has 0 saturated heterocycles. The Kier molecular flexibility index (Phi) is 7.65. The van der Waals surface area contributed by atoms with E-state index in [1.54, 1.807) is 6.07 Å². The van der Waals surface area contributed by atoms with E-state index < -0.39 is 0 Å². The largest absolute Gasteiger partial charge is 0.490 e. The first-order chi connectivity index (χ1) is 14.2. The first-order valence-corrected chi connectivity index (χ1v) is 10.0. The highest BCUT2D eigenvalue weighted by molar-refractivity contribution is 5.43. The minimum atomic E-state index is -0.150. The van der Waals surface area contributed by atoms with Crippen molar-refractivity contribution < 1.29 is 13.9 Å². The van der Waals surface area contributed by atoms with Gasteiger partial charge in [0.2, 0.25) is 0 Å². The number of halogens is 1. The van der Waals surface area contributed by atoms with Crippen LogP contribution in [0.5, 0.6) is 11.5 Å². The van der Waals surface area contributed by atoms with Crippen LogP contribution in [0.3, 0.4) is 0 Å². The summed E-state index contributed by atoms with van der Waals surface area (Å²) in [5.41, 5.74) is 4.18. The van der Waals surface area contributed by atoms with Gasteiger partial charge in [-0.05, 0) is 61.7 Å². The molecule has 4 heteroatoms. The van der Waals surface area contributed by atoms with Crippen LogP contribution < -0.4 is 14.8 Å². The summed E-state index contributed by atoms with van der Waals surface area (Å²) in [5.74, 6) is 1.33. The van der Waals surface area contributed by atoms with E-state index in [9.17, 15) is 4.39 Å². The highest BCUT2D eigenvalue weighted by atomic mass is 19.1. The van der Waals surface area contributed by atoms with Crippen LogP contribution in [0.4, 0.5) is 4.39 Å². The van der Waals surface area contributed by atoms with Crippen LogP contribution >= 0.6 is 0 Å². The van der Waals surface area contributed by atoms with E-state index in [1.807, 2.05) is 43.3 Å². The predicted molar refractivity (Wildman–Crippen MR) is 115 cm³/mol. The molecule has 0 bridgehead atoms. The summed E-state index contributed by atoms with van der Waals surface area (Å²) in [6.07, 6.45) is 0.655. The van der Waals surface area contributed by atoms with Gasteiger partial charge in [0, 0.05) is 6.54 Å². The number of benzene rings is 3. The lowest BCUT2D eigenvalue weighted by molar-refractivity contribution is 0.269. The lowest BCUT2D eigenvalue weighted by Gasteiger charge is -2.14. The van der Waals surface area contributed by atoms with E-state index in [-0.39, 0.29) is 5.82 Å². The highest BCUT2D eigenvalue weighted by Gasteiger charge is 2.08. The van der Waals surface area contributed by atoms with Gasteiger partial charge in [-0.15, -0.1) is 0 Å². The topological polar surface area (TPSA) is 30.5 Å². The second-order valence-electron chi connectivity index (χ2n) is 7.01. The Morgan fingerprint density at radius 1 is 0.862 bits per heavy atom. The molecular weight excluding hydrogens is 365 g/mol. The van der Waals surface area contributed by atoms with Gasteiger partial charge in [-0.2, -0.15) is 0 Å². The van der Waals surface area contributed by atoms with E-state index >= 15 is 0 Å². The maximum Gasteiger partial charge on any atom is 0.161 e. The van der Waals surface area contributed by atoms with Gasteiger partial charge in [0.05, 0.1) is 6.61 Å². The molecule has 0 aliphatic rings. The fraction of sp³-hybridized carbons (Fsp3) is 0.280. The molecule has 152 valence electrons. The van der Waals surface area contributed by atoms with Crippen molar-refractivity contribution in [2.24, 2.45) is 0 Å². The molecule has 3 rings (SSSR count). The molecule has 0 atom stereocenters. The Morgan fingerprint density at radius 2 is 1.72 bits per heavy atom. The third-order valence-electron chi connectivity index (χ3n) is 4.64. The first kappa shape index (κ1) is 20.9. The molecule has 29 heavy (non-hydrogen) atoms. The minimum Gasteiger partial charge on any atom is -0.490 e. The van der Waals surface area contributed by atoms with Gasteiger partial charge in [-0.25, -0.2) is 4.39 Å². The molecular formula is C25H28FNO2. The SMILES string of the molecule is CCOc1cc(CNCCc2ccccc2F)ccc1OCc1cccc(C)c1. The molecule has 0 heterocycles. The van der Waals surface area contributed by atoms with Gasteiger partial charge in [-0.3, -0.25) is 0 Å². The lowest BCUT2D eigenvalue weighted by atomic mass is 10.1. The molecule has 0 saturated carbocycles. The first-order valence-electron chi connectivity index (χ1n) is 10.0. The van der Waals surface area contributed by atoms with Crippen LogP contribution in [-0.4, -0.2) is 13.2 Å². The number of hydrogen-bond donors (Lipinski definition) is 1. The summed E-state index contributed by atoms with van der Waals surface area (Å²) in [5, 5.41) is 3.37. The van der Waals surface area contributed by atoms with Gasteiger partial charge in [-0.1, -0.05) is 54.1 Å². The summed E-state index contributed by atoms with van der Waals surface area (Å²) in [6.45, 7) is 6.50. The Balaban J connectivity index is 1.56. The molecule has 0 amide bonds. The quantitative estimate of drug-likeness (QED) is 0.465. The predicted octanol–water partition coefficient (Wildman–Crippen LogP) is 5.44. The lowest BCUT2D eigenvalue weighted by Crippen LogP contribution is -2.17. The number of rotatable bonds is 10. The van der Waals surface area contributed by atoms with Gasteiger partial charge in [0.25, 0.3) is 0 Å². The van der Waals surface area contributed by atoms with Crippen LogP contribution in [0.1, 0.15) is 29.2 Å². The molecule has 0 spiro atoms. The zero-order valence-corrected chi connectivity index (χ0v) is 17.1. The van der Waals surface area contributed by atoms with Crippen molar-refractivity contribution in [2.45, 2.75) is 33.4 Å². The fourth-order valence-corrected chi connectivity index (χ4v) is 3.17. The van der Waals surface area contributed by atoms with Crippen molar-refractivity contribution in [1.29, 1.82) is 0 Å². The Labute approximate surface area is 172 Å². The van der Waals surface area contributed by atoms with E-state index in [4.69, 9.17) is 9.47 Å². The second-order valence-corrected chi connectivity index (χ2v) is 7.01. The number of nitrogens with one attached hydrogen (secondary N) is 1. The third kappa shape index (κ3) is 6.33. The number of aryl methyl sites for hydroxylation is 1. The van der Waals surface area contributed by atoms with Crippen molar-refractivity contribution in [3.8, 4) is 11.5 Å². The zero-order valence-electron chi connectivity index (χ0n) is 17.1. The maximum atomic E-state index is 13.7. The maximum absolute atomic E-state index is 13.7. The van der Waals surface area contributed by atoms with Crippen molar-refractivity contribution >= 4 is 0 Å². The third-order valence-corrected chi connectivity index (χ3v) is 4.64. The average Bonchev–Trinajstić information content (AvgIpc) is 2.72. The standard InChI is InChI=1S/C25H28FNO2/c1-3-28-25-16-20(17-27-14-13-22-9-4-5-10-23(22)26)11-12-24(25)29-18-21-8-6-7-19(2)15-21/h4-12,15-16,27H,3,13-14,17-18H2,1-2H3. The fourth-order valence-electron chi connectivity index (χ4n) is 3.17. The van der Waals surface area contributed by atoms with E-state index in [0.717, 1.165) is 28.2 Å². The second kappa shape index (κ2) is 10.6. The van der Waals surface area contributed by atoms with Crippen molar-refractivity contribution in [3.63, 3.8) is 0 Å². The minimum absolute atomic E-state index is 0.150. The van der Waals surface area contributed by atoms with Gasteiger partial charge in [0.1, 0.15) is 12.4 Å². The molecule has 1 N–H and O–H groups in total.